The third-order valence-corrected chi connectivity index (χ3v) is 4.52. The lowest BCUT2D eigenvalue weighted by Gasteiger charge is -2.15. The molecule has 0 bridgehead atoms. The molecule has 134 valence electrons. The van der Waals surface area contributed by atoms with Gasteiger partial charge in [-0.3, -0.25) is 15.0 Å². The topological polar surface area (TPSA) is 76.5 Å². The maximum atomic E-state index is 4.50. The van der Waals surface area contributed by atoms with Crippen molar-refractivity contribution in [2.45, 2.75) is 19.8 Å². The van der Waals surface area contributed by atoms with Crippen LogP contribution >= 0.6 is 0 Å². The van der Waals surface area contributed by atoms with E-state index in [4.69, 9.17) is 0 Å². The highest BCUT2D eigenvalue weighted by molar-refractivity contribution is 5.77. The maximum Gasteiger partial charge on any atom is 0.129 e. The summed E-state index contributed by atoms with van der Waals surface area (Å²) < 4.78 is 0. The first-order valence-corrected chi connectivity index (χ1v) is 8.89. The fourth-order valence-corrected chi connectivity index (χ4v) is 3.00. The molecule has 6 heteroatoms. The molecular formula is C21H20N6. The molecule has 4 aromatic rings. The normalized spacial score (nSPS) is 12.1. The van der Waals surface area contributed by atoms with E-state index in [-0.39, 0.29) is 5.92 Å². The molecule has 1 atom stereocenters. The first-order valence-electron chi connectivity index (χ1n) is 8.89. The first-order chi connectivity index (χ1) is 13.2. The number of rotatable bonds is 5. The van der Waals surface area contributed by atoms with Crippen LogP contribution in [0.4, 0.5) is 5.82 Å². The number of nitrogens with zero attached hydrogens (tertiary/aromatic N) is 5. The number of pyridine rings is 3. The van der Waals surface area contributed by atoms with E-state index in [0.29, 0.717) is 0 Å². The van der Waals surface area contributed by atoms with Gasteiger partial charge in [0.2, 0.25) is 0 Å². The second-order valence-electron chi connectivity index (χ2n) is 6.53. The molecule has 0 aliphatic rings. The molecule has 0 saturated heterocycles. The number of anilines is 1. The van der Waals surface area contributed by atoms with Crippen LogP contribution in [0, 0.1) is 6.92 Å². The van der Waals surface area contributed by atoms with Crippen LogP contribution in [0.3, 0.4) is 0 Å². The van der Waals surface area contributed by atoms with Crippen molar-refractivity contribution in [2.24, 2.45) is 0 Å². The first kappa shape index (κ1) is 17.0. The second kappa shape index (κ2) is 7.45. The molecule has 0 radical (unpaired) electrons. The van der Waals surface area contributed by atoms with E-state index in [2.05, 4.69) is 37.2 Å². The molecule has 4 rings (SSSR count). The van der Waals surface area contributed by atoms with Crippen LogP contribution in [0.25, 0.3) is 22.3 Å². The molecule has 1 unspecified atom stereocenters. The summed E-state index contributed by atoms with van der Waals surface area (Å²) in [7, 11) is 0. The lowest BCUT2D eigenvalue weighted by molar-refractivity contribution is 0.804. The van der Waals surface area contributed by atoms with Gasteiger partial charge in [-0.1, -0.05) is 6.92 Å². The zero-order valence-corrected chi connectivity index (χ0v) is 15.3. The second-order valence-corrected chi connectivity index (χ2v) is 6.53. The molecule has 4 aromatic heterocycles. The van der Waals surface area contributed by atoms with Crippen molar-refractivity contribution in [3.63, 3.8) is 0 Å². The van der Waals surface area contributed by atoms with E-state index < -0.39 is 0 Å². The molecule has 4 heterocycles. The van der Waals surface area contributed by atoms with Crippen molar-refractivity contribution in [1.82, 2.24) is 24.9 Å². The number of hydrogen-bond acceptors (Lipinski definition) is 6. The highest BCUT2D eigenvalue weighted by atomic mass is 15.0. The summed E-state index contributed by atoms with van der Waals surface area (Å²) in [6.45, 7) is 4.87. The quantitative estimate of drug-likeness (QED) is 0.582. The number of aryl methyl sites for hydroxylation is 1. The van der Waals surface area contributed by atoms with Gasteiger partial charge in [0.25, 0.3) is 0 Å². The predicted molar refractivity (Wildman–Crippen MR) is 106 cm³/mol. The van der Waals surface area contributed by atoms with Crippen molar-refractivity contribution in [1.29, 1.82) is 0 Å². The van der Waals surface area contributed by atoms with E-state index >= 15 is 0 Å². The summed E-state index contributed by atoms with van der Waals surface area (Å²) >= 11 is 0. The van der Waals surface area contributed by atoms with Crippen molar-refractivity contribution < 1.29 is 0 Å². The molecule has 0 amide bonds. The van der Waals surface area contributed by atoms with Gasteiger partial charge in [-0.2, -0.15) is 0 Å². The summed E-state index contributed by atoms with van der Waals surface area (Å²) in [5.74, 6) is 1.05. The molecule has 6 nitrogen and oxygen atoms in total. The summed E-state index contributed by atoms with van der Waals surface area (Å²) in [5.41, 5.74) is 5.84. The van der Waals surface area contributed by atoms with Gasteiger partial charge >= 0.3 is 0 Å². The monoisotopic (exact) mass is 356 g/mol. The van der Waals surface area contributed by atoms with Gasteiger partial charge in [0.1, 0.15) is 12.1 Å². The van der Waals surface area contributed by atoms with Crippen LogP contribution in [0.1, 0.15) is 24.1 Å². The molecule has 0 saturated carbocycles. The summed E-state index contributed by atoms with van der Waals surface area (Å²) in [6, 6.07) is 11.9. The summed E-state index contributed by atoms with van der Waals surface area (Å²) in [4.78, 5) is 21.9. The highest BCUT2D eigenvalue weighted by Crippen LogP contribution is 2.23. The van der Waals surface area contributed by atoms with E-state index in [1.165, 1.54) is 5.56 Å². The summed E-state index contributed by atoms with van der Waals surface area (Å²) in [6.07, 6.45) is 7.05. The third-order valence-electron chi connectivity index (χ3n) is 4.52. The van der Waals surface area contributed by atoms with Gasteiger partial charge < -0.3 is 5.32 Å². The van der Waals surface area contributed by atoms with Crippen LogP contribution in [-0.2, 0) is 0 Å². The number of nitrogens with one attached hydrogen (secondary N) is 1. The van der Waals surface area contributed by atoms with Crippen molar-refractivity contribution in [2.75, 3.05) is 11.9 Å². The Morgan fingerprint density at radius 1 is 0.963 bits per heavy atom. The molecule has 0 fully saturated rings. The summed E-state index contributed by atoms with van der Waals surface area (Å²) in [5, 5.41) is 3.41. The lowest BCUT2D eigenvalue weighted by atomic mass is 10.0. The van der Waals surface area contributed by atoms with E-state index in [1.54, 1.807) is 12.5 Å². The Morgan fingerprint density at radius 2 is 1.89 bits per heavy atom. The average Bonchev–Trinajstić information content (AvgIpc) is 2.72. The third kappa shape index (κ3) is 3.74. The van der Waals surface area contributed by atoms with Gasteiger partial charge in [-0.15, -0.1) is 0 Å². The van der Waals surface area contributed by atoms with Crippen molar-refractivity contribution in [3.05, 3.63) is 72.6 Å². The lowest BCUT2D eigenvalue weighted by Crippen LogP contribution is -2.12. The molecule has 0 aliphatic carbocycles. The van der Waals surface area contributed by atoms with Gasteiger partial charge in [-0.25, -0.2) is 9.97 Å². The SMILES string of the molecule is Cc1ccc(-c2cc(NCC(C)c3ccnc4cccnc34)ncn2)cn1. The van der Waals surface area contributed by atoms with Crippen LogP contribution < -0.4 is 5.32 Å². The fourth-order valence-electron chi connectivity index (χ4n) is 3.00. The Bertz CT molecular complexity index is 1060. The van der Waals surface area contributed by atoms with Crippen LogP contribution in [0.15, 0.2) is 61.3 Å². The largest absolute Gasteiger partial charge is 0.369 e. The van der Waals surface area contributed by atoms with E-state index in [9.17, 15) is 0 Å². The zero-order chi connectivity index (χ0) is 18.6. The molecule has 27 heavy (non-hydrogen) atoms. The molecule has 0 spiro atoms. The number of aromatic nitrogens is 5. The average molecular weight is 356 g/mol. The minimum atomic E-state index is 0.254. The van der Waals surface area contributed by atoms with Gasteiger partial charge in [0, 0.05) is 48.4 Å². The van der Waals surface area contributed by atoms with Gasteiger partial charge in [-0.05, 0) is 42.8 Å². The zero-order valence-electron chi connectivity index (χ0n) is 15.3. The molecule has 0 aliphatic heterocycles. The number of fused-ring (bicyclic) bond motifs is 1. The Labute approximate surface area is 157 Å². The Kier molecular flexibility index (Phi) is 4.70. The standard InChI is InChI=1S/C21H20N6/c1-14(17-7-9-22-18-4-3-8-23-21(17)18)11-25-20-10-19(26-13-27-20)16-6-5-15(2)24-12-16/h3-10,12-14H,11H2,1-2H3,(H,25,26,27). The smallest absolute Gasteiger partial charge is 0.129 e. The maximum absolute atomic E-state index is 4.50. The Morgan fingerprint density at radius 3 is 2.74 bits per heavy atom. The molecule has 1 N–H and O–H groups in total. The van der Waals surface area contributed by atoms with Crippen molar-refractivity contribution in [3.8, 4) is 11.3 Å². The van der Waals surface area contributed by atoms with Crippen LogP contribution in [0.5, 0.6) is 0 Å². The predicted octanol–water partition coefficient (Wildman–Crippen LogP) is 4.01. The van der Waals surface area contributed by atoms with Gasteiger partial charge in [0.05, 0.1) is 16.7 Å². The highest BCUT2D eigenvalue weighted by Gasteiger charge is 2.11. The number of hydrogen-bond donors (Lipinski definition) is 1. The Balaban J connectivity index is 1.51. The fraction of sp³-hybridized carbons (Fsp3) is 0.190. The Hall–Kier alpha value is -3.41. The van der Waals surface area contributed by atoms with Crippen molar-refractivity contribution >= 4 is 16.9 Å². The van der Waals surface area contributed by atoms with Gasteiger partial charge in [0.15, 0.2) is 0 Å². The van der Waals surface area contributed by atoms with E-state index in [0.717, 1.165) is 40.3 Å². The molecule has 0 aromatic carbocycles. The molecular weight excluding hydrogens is 336 g/mol. The van der Waals surface area contributed by atoms with E-state index in [1.807, 2.05) is 55.7 Å². The van der Waals surface area contributed by atoms with Crippen LogP contribution in [0.2, 0.25) is 0 Å². The minimum absolute atomic E-state index is 0.254. The van der Waals surface area contributed by atoms with Crippen LogP contribution in [-0.4, -0.2) is 31.5 Å². The minimum Gasteiger partial charge on any atom is -0.369 e.